The molecule has 2 heterocycles. The molecule has 2 saturated heterocycles. The highest BCUT2D eigenvalue weighted by Gasteiger charge is 2.25. The maximum atomic E-state index is 11.0. The molecule has 0 aromatic rings. The lowest BCUT2D eigenvalue weighted by molar-refractivity contribution is 0.182. The summed E-state index contributed by atoms with van der Waals surface area (Å²) in [6, 6.07) is 0.918. The first-order valence-corrected chi connectivity index (χ1v) is 6.14. The van der Waals surface area contributed by atoms with Crippen molar-refractivity contribution in [3.63, 3.8) is 0 Å². The van der Waals surface area contributed by atoms with Gasteiger partial charge in [-0.05, 0) is 32.9 Å². The summed E-state index contributed by atoms with van der Waals surface area (Å²) in [7, 11) is 2.16. The van der Waals surface area contributed by atoms with Crippen LogP contribution in [0.25, 0.3) is 0 Å². The highest BCUT2D eigenvalue weighted by Crippen LogP contribution is 2.14. The molecular formula is C11H22N4O. The number of carbonyl (C=O) groups is 1. The Labute approximate surface area is 96.9 Å². The van der Waals surface area contributed by atoms with Gasteiger partial charge >= 0.3 is 6.03 Å². The molecule has 3 N–H and O–H groups in total. The van der Waals surface area contributed by atoms with Gasteiger partial charge in [0.15, 0.2) is 0 Å². The number of likely N-dealkylation sites (tertiary alicyclic amines) is 2. The fourth-order valence-corrected chi connectivity index (χ4v) is 2.67. The average molecular weight is 226 g/mol. The van der Waals surface area contributed by atoms with Crippen LogP contribution in [0.15, 0.2) is 0 Å². The third-order valence-corrected chi connectivity index (χ3v) is 3.67. The number of nitrogens with zero attached hydrogens (tertiary/aromatic N) is 2. The highest BCUT2D eigenvalue weighted by atomic mass is 16.2. The van der Waals surface area contributed by atoms with Crippen LogP contribution in [0, 0.1) is 0 Å². The van der Waals surface area contributed by atoms with E-state index in [1.807, 2.05) is 0 Å². The van der Waals surface area contributed by atoms with E-state index in [1.165, 1.54) is 13.0 Å². The molecule has 2 aliphatic rings. The molecular weight excluding hydrogens is 204 g/mol. The van der Waals surface area contributed by atoms with Crippen molar-refractivity contribution in [1.82, 2.24) is 15.1 Å². The second-order valence-corrected chi connectivity index (χ2v) is 5.01. The molecule has 1 atom stereocenters. The molecule has 5 nitrogen and oxygen atoms in total. The van der Waals surface area contributed by atoms with Crippen molar-refractivity contribution < 1.29 is 4.79 Å². The second-order valence-electron chi connectivity index (χ2n) is 5.01. The topological polar surface area (TPSA) is 61.6 Å². The van der Waals surface area contributed by atoms with Crippen molar-refractivity contribution in [2.24, 2.45) is 5.73 Å². The van der Waals surface area contributed by atoms with Crippen LogP contribution in [0.4, 0.5) is 4.79 Å². The van der Waals surface area contributed by atoms with Crippen LogP contribution >= 0.6 is 0 Å². The molecule has 2 amide bonds. The normalized spacial score (nSPS) is 28.6. The predicted molar refractivity (Wildman–Crippen MR) is 63.2 cm³/mol. The van der Waals surface area contributed by atoms with Gasteiger partial charge in [-0.25, -0.2) is 4.79 Å². The van der Waals surface area contributed by atoms with E-state index in [0.29, 0.717) is 12.1 Å². The lowest BCUT2D eigenvalue weighted by atomic mass is 10.0. The monoisotopic (exact) mass is 226 g/mol. The number of rotatable bonds is 2. The second kappa shape index (κ2) is 5.01. The van der Waals surface area contributed by atoms with E-state index in [4.69, 9.17) is 5.73 Å². The Morgan fingerprint density at radius 1 is 1.19 bits per heavy atom. The first-order chi connectivity index (χ1) is 7.65. The molecule has 1 unspecified atom stereocenters. The largest absolute Gasteiger partial charge is 0.351 e. The van der Waals surface area contributed by atoms with Gasteiger partial charge in [0, 0.05) is 31.7 Å². The molecule has 0 aromatic heterocycles. The van der Waals surface area contributed by atoms with Crippen molar-refractivity contribution in [1.29, 1.82) is 0 Å². The molecule has 92 valence electrons. The summed E-state index contributed by atoms with van der Waals surface area (Å²) in [5.74, 6) is 0. The number of likely N-dealkylation sites (N-methyl/N-ethyl adjacent to an activating group) is 1. The van der Waals surface area contributed by atoms with Gasteiger partial charge in [-0.1, -0.05) is 0 Å². The van der Waals surface area contributed by atoms with E-state index in [2.05, 4.69) is 17.3 Å². The summed E-state index contributed by atoms with van der Waals surface area (Å²) in [6.07, 6.45) is 3.30. The average Bonchev–Trinajstić information content (AvgIpc) is 2.65. The van der Waals surface area contributed by atoms with Crippen LogP contribution in [0.1, 0.15) is 19.3 Å². The first-order valence-electron chi connectivity index (χ1n) is 6.14. The minimum absolute atomic E-state index is 0.279. The van der Waals surface area contributed by atoms with Crippen LogP contribution in [-0.2, 0) is 0 Å². The van der Waals surface area contributed by atoms with Crippen molar-refractivity contribution in [2.45, 2.75) is 31.3 Å². The van der Waals surface area contributed by atoms with Gasteiger partial charge in [-0.3, -0.25) is 0 Å². The summed E-state index contributed by atoms with van der Waals surface area (Å²) in [5, 5.41) is 3.69. The van der Waals surface area contributed by atoms with Gasteiger partial charge in [0.2, 0.25) is 0 Å². The number of primary amides is 1. The third kappa shape index (κ3) is 2.86. The molecule has 0 spiro atoms. The number of hydrogen-bond acceptors (Lipinski definition) is 3. The van der Waals surface area contributed by atoms with E-state index in [9.17, 15) is 4.79 Å². The summed E-state index contributed by atoms with van der Waals surface area (Å²) >= 11 is 0. The van der Waals surface area contributed by atoms with Crippen LogP contribution in [0.5, 0.6) is 0 Å². The van der Waals surface area contributed by atoms with Gasteiger partial charge < -0.3 is 20.9 Å². The molecule has 0 radical (unpaired) electrons. The zero-order valence-corrected chi connectivity index (χ0v) is 9.98. The summed E-state index contributed by atoms with van der Waals surface area (Å²) in [6.45, 7) is 3.94. The minimum atomic E-state index is -0.279. The van der Waals surface area contributed by atoms with Gasteiger partial charge in [0.1, 0.15) is 0 Å². The molecule has 0 saturated carbocycles. The molecule has 0 aromatic carbocycles. The number of urea groups is 1. The lowest BCUT2D eigenvalue weighted by Gasteiger charge is -2.32. The number of piperidine rings is 1. The van der Waals surface area contributed by atoms with E-state index >= 15 is 0 Å². The SMILES string of the molecule is CN1CCC(NC2CCN(C(N)=O)CC2)C1. The van der Waals surface area contributed by atoms with Crippen LogP contribution < -0.4 is 11.1 Å². The Morgan fingerprint density at radius 3 is 2.31 bits per heavy atom. The van der Waals surface area contributed by atoms with Crippen LogP contribution in [0.2, 0.25) is 0 Å². The smallest absolute Gasteiger partial charge is 0.314 e. The Balaban J connectivity index is 1.71. The number of nitrogens with one attached hydrogen (secondary N) is 1. The van der Waals surface area contributed by atoms with E-state index in [-0.39, 0.29) is 6.03 Å². The minimum Gasteiger partial charge on any atom is -0.351 e. The Kier molecular flexibility index (Phi) is 3.66. The molecule has 2 fully saturated rings. The van der Waals surface area contributed by atoms with Gasteiger partial charge in [-0.2, -0.15) is 0 Å². The fraction of sp³-hybridized carbons (Fsp3) is 0.909. The first kappa shape index (κ1) is 11.7. The zero-order chi connectivity index (χ0) is 11.5. The molecule has 16 heavy (non-hydrogen) atoms. The summed E-state index contributed by atoms with van der Waals surface area (Å²) < 4.78 is 0. The Morgan fingerprint density at radius 2 is 1.81 bits per heavy atom. The molecule has 2 aliphatic heterocycles. The number of nitrogens with two attached hydrogens (primary N) is 1. The molecule has 5 heteroatoms. The maximum absolute atomic E-state index is 11.0. The number of carbonyl (C=O) groups excluding carboxylic acids is 1. The predicted octanol–water partition coefficient (Wildman–Crippen LogP) is -0.177. The van der Waals surface area contributed by atoms with Gasteiger partial charge in [0.05, 0.1) is 0 Å². The number of hydrogen-bond donors (Lipinski definition) is 2. The van der Waals surface area contributed by atoms with E-state index in [0.717, 1.165) is 32.5 Å². The van der Waals surface area contributed by atoms with E-state index in [1.54, 1.807) is 4.90 Å². The lowest BCUT2D eigenvalue weighted by Crippen LogP contribution is -2.49. The van der Waals surface area contributed by atoms with Gasteiger partial charge in [-0.15, -0.1) is 0 Å². The van der Waals surface area contributed by atoms with Crippen LogP contribution in [0.3, 0.4) is 0 Å². The van der Waals surface area contributed by atoms with Crippen molar-refractivity contribution in [3.8, 4) is 0 Å². The molecule has 0 aliphatic carbocycles. The number of amides is 2. The van der Waals surface area contributed by atoms with Gasteiger partial charge in [0.25, 0.3) is 0 Å². The quantitative estimate of drug-likeness (QED) is 0.687. The Hall–Kier alpha value is -0.810. The standard InChI is InChI=1S/C11H22N4O/c1-14-5-2-10(8-14)13-9-3-6-15(7-4-9)11(12)16/h9-10,13H,2-8H2,1H3,(H2,12,16). The van der Waals surface area contributed by atoms with Crippen molar-refractivity contribution in [3.05, 3.63) is 0 Å². The van der Waals surface area contributed by atoms with Crippen LogP contribution in [-0.4, -0.2) is 61.1 Å². The molecule has 0 bridgehead atoms. The third-order valence-electron chi connectivity index (χ3n) is 3.67. The Bertz CT molecular complexity index is 250. The maximum Gasteiger partial charge on any atom is 0.314 e. The zero-order valence-electron chi connectivity index (χ0n) is 9.98. The molecule has 2 rings (SSSR count). The van der Waals surface area contributed by atoms with Crippen molar-refractivity contribution in [2.75, 3.05) is 33.2 Å². The highest BCUT2D eigenvalue weighted by molar-refractivity contribution is 5.72. The van der Waals surface area contributed by atoms with Crippen molar-refractivity contribution >= 4 is 6.03 Å². The fourth-order valence-electron chi connectivity index (χ4n) is 2.67. The summed E-state index contributed by atoms with van der Waals surface area (Å²) in [4.78, 5) is 15.1. The van der Waals surface area contributed by atoms with E-state index < -0.39 is 0 Å². The summed E-state index contributed by atoms with van der Waals surface area (Å²) in [5.41, 5.74) is 5.25.